The van der Waals surface area contributed by atoms with Crippen LogP contribution in [0.1, 0.15) is 65.2 Å². The third-order valence-electron chi connectivity index (χ3n) is 6.94. The second-order valence-electron chi connectivity index (χ2n) is 8.33. The maximum atomic E-state index is 5.52. The van der Waals surface area contributed by atoms with E-state index in [9.17, 15) is 0 Å². The molecule has 0 aromatic heterocycles. The van der Waals surface area contributed by atoms with E-state index in [1.807, 2.05) is 7.11 Å². The number of methoxy groups -OCH3 is 1. The van der Waals surface area contributed by atoms with Crippen molar-refractivity contribution in [3.05, 3.63) is 0 Å². The normalized spacial score (nSPS) is 34.4. The van der Waals surface area contributed by atoms with Gasteiger partial charge < -0.3 is 14.5 Å². The van der Waals surface area contributed by atoms with Crippen molar-refractivity contribution < 1.29 is 4.74 Å². The van der Waals surface area contributed by atoms with Crippen LogP contribution in [-0.2, 0) is 4.74 Å². The highest BCUT2D eigenvalue weighted by Gasteiger charge is 2.39. The Balaban J connectivity index is 1.45. The molecule has 3 nitrogen and oxygen atoms in total. The van der Waals surface area contributed by atoms with Crippen LogP contribution in [0.5, 0.6) is 0 Å². The van der Waals surface area contributed by atoms with Gasteiger partial charge >= 0.3 is 0 Å². The van der Waals surface area contributed by atoms with Gasteiger partial charge in [-0.1, -0.05) is 0 Å². The predicted molar refractivity (Wildman–Crippen MR) is 92.2 cm³/mol. The van der Waals surface area contributed by atoms with Gasteiger partial charge in [-0.2, -0.15) is 0 Å². The third-order valence-corrected chi connectivity index (χ3v) is 6.94. The Morgan fingerprint density at radius 1 is 0.864 bits per heavy atom. The Hall–Kier alpha value is -0.120. The van der Waals surface area contributed by atoms with Crippen LogP contribution in [0, 0.1) is 5.41 Å². The van der Waals surface area contributed by atoms with Gasteiger partial charge in [-0.15, -0.1) is 0 Å². The van der Waals surface area contributed by atoms with Crippen LogP contribution >= 0.6 is 0 Å². The van der Waals surface area contributed by atoms with E-state index in [0.717, 1.165) is 12.1 Å². The van der Waals surface area contributed by atoms with Gasteiger partial charge in [0.25, 0.3) is 0 Å². The van der Waals surface area contributed by atoms with Gasteiger partial charge in [-0.05, 0) is 96.8 Å². The molecule has 3 fully saturated rings. The molecule has 0 atom stereocenters. The number of nitrogens with zero attached hydrogens (tertiary/aromatic N) is 2. The summed E-state index contributed by atoms with van der Waals surface area (Å²) in [6.07, 6.45) is 11.6. The van der Waals surface area contributed by atoms with Gasteiger partial charge in [-0.25, -0.2) is 0 Å². The van der Waals surface area contributed by atoms with Crippen LogP contribution in [0.2, 0.25) is 0 Å². The minimum Gasteiger partial charge on any atom is -0.381 e. The third kappa shape index (κ3) is 3.68. The monoisotopic (exact) mass is 308 g/mol. The zero-order valence-electron chi connectivity index (χ0n) is 15.0. The van der Waals surface area contributed by atoms with Crippen LogP contribution < -0.4 is 0 Å². The highest BCUT2D eigenvalue weighted by Crippen LogP contribution is 2.42. The number of ether oxygens (including phenoxy) is 1. The molecule has 1 saturated carbocycles. The Bertz CT molecular complexity index is 331. The van der Waals surface area contributed by atoms with Crippen molar-refractivity contribution in [2.45, 2.75) is 83.4 Å². The summed E-state index contributed by atoms with van der Waals surface area (Å²) in [6, 6.07) is 1.58. The summed E-state index contributed by atoms with van der Waals surface area (Å²) in [4.78, 5) is 5.48. The van der Waals surface area contributed by atoms with E-state index in [2.05, 4.69) is 23.6 Å². The van der Waals surface area contributed by atoms with Crippen LogP contribution in [0.15, 0.2) is 0 Å². The predicted octanol–water partition coefficient (Wildman–Crippen LogP) is 3.53. The van der Waals surface area contributed by atoms with E-state index < -0.39 is 0 Å². The van der Waals surface area contributed by atoms with E-state index in [-0.39, 0.29) is 0 Å². The molecule has 0 aromatic carbocycles. The molecule has 2 heterocycles. The van der Waals surface area contributed by atoms with Crippen molar-refractivity contribution >= 4 is 0 Å². The number of piperidine rings is 2. The molecule has 3 rings (SSSR count). The summed E-state index contributed by atoms with van der Waals surface area (Å²) in [5.74, 6) is 0. The van der Waals surface area contributed by atoms with Crippen molar-refractivity contribution in [2.75, 3.05) is 33.3 Å². The summed E-state index contributed by atoms with van der Waals surface area (Å²) < 4.78 is 5.52. The quantitative estimate of drug-likeness (QED) is 0.793. The number of hydrogen-bond donors (Lipinski definition) is 0. The molecule has 0 bridgehead atoms. The van der Waals surface area contributed by atoms with Gasteiger partial charge in [0, 0.05) is 19.2 Å². The van der Waals surface area contributed by atoms with E-state index >= 15 is 0 Å². The van der Waals surface area contributed by atoms with Gasteiger partial charge in [0.15, 0.2) is 0 Å². The number of rotatable bonds is 3. The van der Waals surface area contributed by atoms with Gasteiger partial charge in [0.05, 0.1) is 6.10 Å². The molecule has 2 aliphatic heterocycles. The fraction of sp³-hybridized carbons (Fsp3) is 1.00. The Morgan fingerprint density at radius 3 is 1.91 bits per heavy atom. The van der Waals surface area contributed by atoms with Crippen LogP contribution in [0.4, 0.5) is 0 Å². The molecule has 22 heavy (non-hydrogen) atoms. The summed E-state index contributed by atoms with van der Waals surface area (Å²) in [5.41, 5.74) is 0.686. The second kappa shape index (κ2) is 7.19. The molecule has 1 spiro atoms. The van der Waals surface area contributed by atoms with Gasteiger partial charge in [0.2, 0.25) is 0 Å². The zero-order valence-corrected chi connectivity index (χ0v) is 15.0. The van der Waals surface area contributed by atoms with Crippen molar-refractivity contribution in [3.63, 3.8) is 0 Å². The lowest BCUT2D eigenvalue weighted by Crippen LogP contribution is -2.51. The Labute approximate surface area is 137 Å². The van der Waals surface area contributed by atoms with Crippen molar-refractivity contribution in [1.82, 2.24) is 9.80 Å². The number of hydrogen-bond acceptors (Lipinski definition) is 3. The first kappa shape index (κ1) is 16.7. The van der Waals surface area contributed by atoms with E-state index in [0.29, 0.717) is 11.5 Å². The molecule has 0 amide bonds. The zero-order chi connectivity index (χ0) is 15.6. The molecular formula is C19H36N2O. The Morgan fingerprint density at radius 2 is 1.41 bits per heavy atom. The van der Waals surface area contributed by atoms with Crippen molar-refractivity contribution in [2.24, 2.45) is 5.41 Å². The van der Waals surface area contributed by atoms with Gasteiger partial charge in [0.1, 0.15) is 0 Å². The molecule has 128 valence electrons. The molecule has 3 aliphatic rings. The molecule has 0 radical (unpaired) electrons. The molecule has 2 saturated heterocycles. The maximum absolute atomic E-state index is 5.52. The molecule has 0 N–H and O–H groups in total. The average molecular weight is 309 g/mol. The fourth-order valence-corrected chi connectivity index (χ4v) is 5.02. The summed E-state index contributed by atoms with van der Waals surface area (Å²) in [7, 11) is 1.87. The van der Waals surface area contributed by atoms with Crippen LogP contribution in [0.25, 0.3) is 0 Å². The van der Waals surface area contributed by atoms with Crippen LogP contribution in [-0.4, -0.2) is 61.3 Å². The minimum atomic E-state index is 0.535. The van der Waals surface area contributed by atoms with E-state index in [1.165, 1.54) is 77.5 Å². The minimum absolute atomic E-state index is 0.535. The SMILES string of the molecule is COC1CCC(N2CCC3(CCN(C(C)C)CC3)CC2)CC1. The van der Waals surface area contributed by atoms with Crippen LogP contribution in [0.3, 0.4) is 0 Å². The first-order valence-corrected chi connectivity index (χ1v) is 9.63. The first-order valence-electron chi connectivity index (χ1n) is 9.63. The average Bonchev–Trinajstić information content (AvgIpc) is 2.56. The smallest absolute Gasteiger partial charge is 0.0572 e. The lowest BCUT2D eigenvalue weighted by Gasteiger charge is -2.49. The highest BCUT2D eigenvalue weighted by molar-refractivity contribution is 4.93. The second-order valence-corrected chi connectivity index (χ2v) is 8.33. The Kier molecular flexibility index (Phi) is 5.47. The lowest BCUT2D eigenvalue weighted by molar-refractivity contribution is -0.00866. The molecule has 0 aromatic rings. The van der Waals surface area contributed by atoms with Crippen molar-refractivity contribution in [1.29, 1.82) is 0 Å². The maximum Gasteiger partial charge on any atom is 0.0572 e. The summed E-state index contributed by atoms with van der Waals surface area (Å²) >= 11 is 0. The largest absolute Gasteiger partial charge is 0.381 e. The lowest BCUT2D eigenvalue weighted by atomic mass is 9.70. The molecule has 0 unspecified atom stereocenters. The first-order chi connectivity index (χ1) is 10.6. The summed E-state index contributed by atoms with van der Waals surface area (Å²) in [6.45, 7) is 10.1. The molecule has 1 aliphatic carbocycles. The van der Waals surface area contributed by atoms with E-state index in [1.54, 1.807) is 0 Å². The standard InChI is InChI=1S/C19H36N2O/c1-16(2)20-12-8-19(9-13-20)10-14-21(15-11-19)17-4-6-18(22-3)7-5-17/h16-18H,4-15H2,1-3H3. The molecule has 3 heteroatoms. The number of likely N-dealkylation sites (tertiary alicyclic amines) is 2. The molecular weight excluding hydrogens is 272 g/mol. The van der Waals surface area contributed by atoms with E-state index in [4.69, 9.17) is 4.74 Å². The van der Waals surface area contributed by atoms with Gasteiger partial charge in [-0.3, -0.25) is 0 Å². The summed E-state index contributed by atoms with van der Waals surface area (Å²) in [5, 5.41) is 0. The fourth-order valence-electron chi connectivity index (χ4n) is 5.02. The van der Waals surface area contributed by atoms with Crippen molar-refractivity contribution in [3.8, 4) is 0 Å². The topological polar surface area (TPSA) is 15.7 Å². The highest BCUT2D eigenvalue weighted by atomic mass is 16.5.